The third-order valence-electron chi connectivity index (χ3n) is 4.25. The topological polar surface area (TPSA) is 15.3 Å². The average molecular weight is 274 g/mol. The van der Waals surface area contributed by atoms with Crippen LogP contribution >= 0.6 is 0 Å². The number of likely N-dealkylation sites (N-methyl/N-ethyl adjacent to an activating group) is 1. The smallest absolute Gasteiger partial charge is 0.0237 e. The van der Waals surface area contributed by atoms with Crippen LogP contribution in [0.5, 0.6) is 0 Å². The van der Waals surface area contributed by atoms with Crippen LogP contribution in [0.25, 0.3) is 0 Å². The van der Waals surface area contributed by atoms with Gasteiger partial charge in [-0.1, -0.05) is 45.0 Å². The molecule has 0 bridgehead atoms. The maximum atomic E-state index is 3.52. The van der Waals surface area contributed by atoms with E-state index in [9.17, 15) is 0 Å². The predicted octanol–water partition coefficient (Wildman–Crippen LogP) is 3.46. The average Bonchev–Trinajstić information content (AvgIpc) is 2.47. The van der Waals surface area contributed by atoms with E-state index in [-0.39, 0.29) is 0 Å². The van der Waals surface area contributed by atoms with E-state index in [2.05, 4.69) is 55.3 Å². The van der Waals surface area contributed by atoms with Crippen LogP contribution in [0.4, 0.5) is 0 Å². The summed E-state index contributed by atoms with van der Waals surface area (Å²) in [6.45, 7) is 11.4. The monoisotopic (exact) mass is 274 g/mol. The van der Waals surface area contributed by atoms with Crippen molar-refractivity contribution in [2.45, 2.75) is 52.6 Å². The van der Waals surface area contributed by atoms with Crippen LogP contribution in [0.1, 0.15) is 44.7 Å². The molecule has 0 spiro atoms. The van der Waals surface area contributed by atoms with Crippen molar-refractivity contribution in [2.24, 2.45) is 5.92 Å². The molecule has 0 saturated carbocycles. The fourth-order valence-electron chi connectivity index (χ4n) is 3.13. The van der Waals surface area contributed by atoms with Crippen molar-refractivity contribution in [1.82, 2.24) is 10.2 Å². The van der Waals surface area contributed by atoms with Gasteiger partial charge in [-0.3, -0.25) is 4.90 Å². The molecule has 0 aromatic heterocycles. The van der Waals surface area contributed by atoms with Gasteiger partial charge in [-0.05, 0) is 49.4 Å². The molecule has 2 rings (SSSR count). The molecule has 1 N–H and O–H groups in total. The van der Waals surface area contributed by atoms with Gasteiger partial charge in [-0.15, -0.1) is 0 Å². The molecule has 1 aliphatic rings. The maximum absolute atomic E-state index is 3.52. The van der Waals surface area contributed by atoms with Crippen molar-refractivity contribution in [3.8, 4) is 0 Å². The number of hydrogen-bond donors (Lipinski definition) is 1. The van der Waals surface area contributed by atoms with Crippen LogP contribution in [0.15, 0.2) is 24.3 Å². The Labute approximate surface area is 124 Å². The van der Waals surface area contributed by atoms with Gasteiger partial charge in [-0.25, -0.2) is 0 Å². The quantitative estimate of drug-likeness (QED) is 0.854. The van der Waals surface area contributed by atoms with E-state index in [0.717, 1.165) is 25.6 Å². The highest BCUT2D eigenvalue weighted by Gasteiger charge is 2.19. The van der Waals surface area contributed by atoms with Crippen molar-refractivity contribution in [3.05, 3.63) is 35.4 Å². The van der Waals surface area contributed by atoms with Gasteiger partial charge in [-0.2, -0.15) is 0 Å². The summed E-state index contributed by atoms with van der Waals surface area (Å²) in [6.07, 6.45) is 3.84. The summed E-state index contributed by atoms with van der Waals surface area (Å²) in [6, 6.07) is 9.96. The third kappa shape index (κ3) is 4.60. The minimum Gasteiger partial charge on any atom is -0.315 e. The molecule has 1 aromatic rings. The van der Waals surface area contributed by atoms with Crippen molar-refractivity contribution < 1.29 is 0 Å². The summed E-state index contributed by atoms with van der Waals surface area (Å²) in [5, 5.41) is 3.52. The highest BCUT2D eigenvalue weighted by molar-refractivity contribution is 5.23. The molecule has 1 atom stereocenters. The van der Waals surface area contributed by atoms with E-state index < -0.39 is 0 Å². The number of piperidine rings is 1. The molecule has 1 heterocycles. The molecule has 2 heteroatoms. The molecule has 0 aliphatic carbocycles. The second-order valence-corrected chi connectivity index (χ2v) is 6.48. The Hall–Kier alpha value is -0.860. The first-order valence-corrected chi connectivity index (χ1v) is 8.21. The molecule has 1 aromatic carbocycles. The van der Waals surface area contributed by atoms with Crippen LogP contribution in [0.2, 0.25) is 0 Å². The lowest BCUT2D eigenvalue weighted by Gasteiger charge is -2.34. The Morgan fingerprint density at radius 3 is 2.45 bits per heavy atom. The van der Waals surface area contributed by atoms with E-state index in [1.165, 1.54) is 36.9 Å². The van der Waals surface area contributed by atoms with Gasteiger partial charge >= 0.3 is 0 Å². The highest BCUT2D eigenvalue weighted by atomic mass is 15.2. The Morgan fingerprint density at radius 2 is 1.90 bits per heavy atom. The van der Waals surface area contributed by atoms with E-state index in [1.54, 1.807) is 0 Å². The van der Waals surface area contributed by atoms with Crippen LogP contribution in [-0.4, -0.2) is 30.6 Å². The summed E-state index contributed by atoms with van der Waals surface area (Å²) < 4.78 is 0. The van der Waals surface area contributed by atoms with Gasteiger partial charge in [0.15, 0.2) is 0 Å². The summed E-state index contributed by atoms with van der Waals surface area (Å²) in [5.74, 6) is 0.737. The molecule has 2 nitrogen and oxygen atoms in total. The van der Waals surface area contributed by atoms with Gasteiger partial charge in [0.05, 0.1) is 0 Å². The number of nitrogens with zero attached hydrogens (tertiary/aromatic N) is 1. The van der Waals surface area contributed by atoms with Gasteiger partial charge in [0.1, 0.15) is 0 Å². The summed E-state index contributed by atoms with van der Waals surface area (Å²) in [4.78, 5) is 2.61. The van der Waals surface area contributed by atoms with Crippen molar-refractivity contribution in [1.29, 1.82) is 0 Å². The Morgan fingerprint density at radius 1 is 1.20 bits per heavy atom. The molecule has 1 saturated heterocycles. The van der Waals surface area contributed by atoms with E-state index >= 15 is 0 Å². The molecule has 0 radical (unpaired) electrons. The van der Waals surface area contributed by atoms with Crippen LogP contribution in [-0.2, 0) is 13.0 Å². The fourth-order valence-corrected chi connectivity index (χ4v) is 3.13. The van der Waals surface area contributed by atoms with E-state index in [4.69, 9.17) is 0 Å². The lowest BCUT2D eigenvalue weighted by atomic mass is 10.0. The normalized spacial score (nSPS) is 19.8. The molecule has 1 aliphatic heterocycles. The zero-order valence-electron chi connectivity index (χ0n) is 13.4. The predicted molar refractivity (Wildman–Crippen MR) is 87.0 cm³/mol. The van der Waals surface area contributed by atoms with Gasteiger partial charge < -0.3 is 5.32 Å². The van der Waals surface area contributed by atoms with E-state index in [1.807, 2.05) is 0 Å². The molecule has 20 heavy (non-hydrogen) atoms. The zero-order chi connectivity index (χ0) is 14.4. The Balaban J connectivity index is 1.93. The number of nitrogens with one attached hydrogen (secondary N) is 1. The number of hydrogen-bond acceptors (Lipinski definition) is 2. The summed E-state index contributed by atoms with van der Waals surface area (Å²) in [5.41, 5.74) is 2.91. The summed E-state index contributed by atoms with van der Waals surface area (Å²) in [7, 11) is 0. The first-order valence-electron chi connectivity index (χ1n) is 8.21. The second kappa shape index (κ2) is 7.80. The summed E-state index contributed by atoms with van der Waals surface area (Å²) >= 11 is 0. The lowest BCUT2D eigenvalue weighted by Crippen LogP contribution is -2.45. The standard InChI is InChI=1S/C18H30N2/c1-4-20(18-6-5-11-19-13-18)14-17-9-7-16(8-10-17)12-15(2)3/h7-10,15,18-19H,4-6,11-14H2,1-3H3. The SMILES string of the molecule is CCN(Cc1ccc(CC(C)C)cc1)C1CCCNC1. The van der Waals surface area contributed by atoms with Gasteiger partial charge in [0.2, 0.25) is 0 Å². The van der Waals surface area contributed by atoms with E-state index in [0.29, 0.717) is 6.04 Å². The van der Waals surface area contributed by atoms with Gasteiger partial charge in [0, 0.05) is 19.1 Å². The third-order valence-corrected chi connectivity index (χ3v) is 4.25. The largest absolute Gasteiger partial charge is 0.315 e. The second-order valence-electron chi connectivity index (χ2n) is 6.48. The minimum absolute atomic E-state index is 0.712. The highest BCUT2D eigenvalue weighted by Crippen LogP contribution is 2.16. The van der Waals surface area contributed by atoms with Crippen LogP contribution in [0, 0.1) is 5.92 Å². The van der Waals surface area contributed by atoms with Crippen molar-refractivity contribution in [3.63, 3.8) is 0 Å². The number of benzene rings is 1. The fraction of sp³-hybridized carbons (Fsp3) is 0.667. The molecule has 112 valence electrons. The molecular weight excluding hydrogens is 244 g/mol. The molecule has 0 amide bonds. The molecule has 1 fully saturated rings. The van der Waals surface area contributed by atoms with Crippen LogP contribution < -0.4 is 5.32 Å². The van der Waals surface area contributed by atoms with Crippen molar-refractivity contribution >= 4 is 0 Å². The first kappa shape index (κ1) is 15.5. The Kier molecular flexibility index (Phi) is 6.06. The molecule has 1 unspecified atom stereocenters. The lowest BCUT2D eigenvalue weighted by molar-refractivity contribution is 0.166. The van der Waals surface area contributed by atoms with Crippen LogP contribution in [0.3, 0.4) is 0 Å². The minimum atomic E-state index is 0.712. The zero-order valence-corrected chi connectivity index (χ0v) is 13.4. The maximum Gasteiger partial charge on any atom is 0.0237 e. The Bertz CT molecular complexity index is 377. The number of rotatable bonds is 6. The van der Waals surface area contributed by atoms with Gasteiger partial charge in [0.25, 0.3) is 0 Å². The molecular formula is C18H30N2. The van der Waals surface area contributed by atoms with Crippen molar-refractivity contribution in [2.75, 3.05) is 19.6 Å². The first-order chi connectivity index (χ1) is 9.69.